The average molecular weight is 437 g/mol. The maximum atomic E-state index is 10.5. The van der Waals surface area contributed by atoms with Crippen LogP contribution in [-0.4, -0.2) is 50.6 Å². The van der Waals surface area contributed by atoms with Crippen molar-refractivity contribution in [2.75, 3.05) is 25.0 Å². The molecule has 1 aliphatic rings. The quantitative estimate of drug-likeness (QED) is 0.286. The van der Waals surface area contributed by atoms with Crippen LogP contribution >= 0.6 is 0 Å². The maximum absolute atomic E-state index is 10.5. The first kappa shape index (κ1) is 23.2. The van der Waals surface area contributed by atoms with Gasteiger partial charge < -0.3 is 31.5 Å². The monoisotopic (exact) mass is 436 g/mol. The first-order valence-corrected chi connectivity index (χ1v) is 10.3. The van der Waals surface area contributed by atoms with E-state index in [1.54, 1.807) is 37.3 Å². The topological polar surface area (TPSA) is 146 Å². The second kappa shape index (κ2) is 9.75. The number of phenols is 2. The van der Waals surface area contributed by atoms with Gasteiger partial charge in [0.25, 0.3) is 0 Å². The molecule has 2 aromatic carbocycles. The van der Waals surface area contributed by atoms with Gasteiger partial charge in [0.2, 0.25) is 0 Å². The predicted molar refractivity (Wildman–Crippen MR) is 122 cm³/mol. The fourth-order valence-corrected chi connectivity index (χ4v) is 3.54. The molecule has 1 heterocycles. The highest BCUT2D eigenvalue weighted by Gasteiger charge is 2.28. The van der Waals surface area contributed by atoms with Gasteiger partial charge in [0.05, 0.1) is 23.6 Å². The van der Waals surface area contributed by atoms with Crippen molar-refractivity contribution in [1.29, 1.82) is 5.26 Å². The van der Waals surface area contributed by atoms with Crippen LogP contribution in [0.2, 0.25) is 0 Å². The van der Waals surface area contributed by atoms with Crippen LogP contribution in [0.1, 0.15) is 30.0 Å². The first-order chi connectivity index (χ1) is 15.2. The van der Waals surface area contributed by atoms with Gasteiger partial charge in [0.15, 0.2) is 5.75 Å². The molecule has 0 radical (unpaired) electrons. The van der Waals surface area contributed by atoms with Crippen molar-refractivity contribution in [1.82, 2.24) is 4.90 Å². The number of nitrogens with zero attached hydrogens (tertiary/aromatic N) is 2. The molecule has 1 atom stereocenters. The number of benzene rings is 2. The maximum Gasteiger partial charge on any atom is 0.156 e. The summed E-state index contributed by atoms with van der Waals surface area (Å²) in [7, 11) is 0. The number of nitriles is 1. The molecule has 0 saturated heterocycles. The third-order valence-electron chi connectivity index (χ3n) is 5.58. The zero-order valence-electron chi connectivity index (χ0n) is 17.9. The van der Waals surface area contributed by atoms with E-state index in [0.717, 1.165) is 24.1 Å². The zero-order valence-corrected chi connectivity index (χ0v) is 17.9. The number of phenolic OH excluding ortho intramolecular Hbond substituents is 2. The van der Waals surface area contributed by atoms with E-state index in [9.17, 15) is 20.4 Å². The number of para-hydroxylation sites is 1. The molecule has 1 aliphatic heterocycles. The Balaban J connectivity index is 1.69. The Morgan fingerprint density at radius 2 is 2.09 bits per heavy atom. The van der Waals surface area contributed by atoms with E-state index < -0.39 is 5.60 Å². The summed E-state index contributed by atoms with van der Waals surface area (Å²) in [4.78, 5) is 2.10. The van der Waals surface area contributed by atoms with Crippen LogP contribution < -0.4 is 11.1 Å². The summed E-state index contributed by atoms with van der Waals surface area (Å²) in [6, 6.07) is 11.8. The summed E-state index contributed by atoms with van der Waals surface area (Å²) in [5.41, 5.74) is 7.80. The van der Waals surface area contributed by atoms with Gasteiger partial charge in [-0.2, -0.15) is 5.26 Å². The van der Waals surface area contributed by atoms with Crippen molar-refractivity contribution in [2.45, 2.75) is 25.5 Å². The van der Waals surface area contributed by atoms with E-state index in [1.165, 1.54) is 12.3 Å². The molecule has 0 saturated carbocycles. The van der Waals surface area contributed by atoms with Crippen molar-refractivity contribution in [3.8, 4) is 17.6 Å². The van der Waals surface area contributed by atoms with Crippen LogP contribution in [0.4, 0.5) is 5.69 Å². The highest BCUT2D eigenvalue weighted by Crippen LogP contribution is 2.29. The number of hydrogen-bond acceptors (Lipinski definition) is 8. The van der Waals surface area contributed by atoms with Crippen LogP contribution in [0, 0.1) is 11.3 Å². The minimum Gasteiger partial charge on any atom is -0.508 e. The summed E-state index contributed by atoms with van der Waals surface area (Å²) in [6.07, 6.45) is 4.20. The summed E-state index contributed by atoms with van der Waals surface area (Å²) in [6.45, 7) is 3.02. The Morgan fingerprint density at radius 1 is 1.31 bits per heavy atom. The summed E-state index contributed by atoms with van der Waals surface area (Å²) in [5.74, 6) is -0.0643. The highest BCUT2D eigenvalue weighted by atomic mass is 16.3. The number of nitrogens with one attached hydrogen (secondary N) is 1. The molecule has 0 fully saturated rings. The molecule has 0 amide bonds. The smallest absolute Gasteiger partial charge is 0.156 e. The summed E-state index contributed by atoms with van der Waals surface area (Å²) in [5, 5.41) is 52.2. The number of aliphatic hydroxyl groups excluding tert-OH is 1. The van der Waals surface area contributed by atoms with Crippen molar-refractivity contribution < 1.29 is 20.4 Å². The van der Waals surface area contributed by atoms with Gasteiger partial charge in [-0.15, -0.1) is 0 Å². The first-order valence-electron chi connectivity index (χ1n) is 10.3. The molecular weight excluding hydrogens is 408 g/mol. The van der Waals surface area contributed by atoms with Gasteiger partial charge >= 0.3 is 0 Å². The van der Waals surface area contributed by atoms with E-state index >= 15 is 0 Å². The average Bonchev–Trinajstić information content (AvgIpc) is 2.79. The number of hydrogen-bond donors (Lipinski definition) is 6. The number of aromatic hydroxyl groups is 2. The van der Waals surface area contributed by atoms with Gasteiger partial charge in [0, 0.05) is 37.0 Å². The Morgan fingerprint density at radius 3 is 2.78 bits per heavy atom. The van der Waals surface area contributed by atoms with Gasteiger partial charge in [-0.05, 0) is 37.1 Å². The van der Waals surface area contributed by atoms with E-state index in [1.807, 2.05) is 12.1 Å². The Kier molecular flexibility index (Phi) is 7.05. The Hall–Kier alpha value is -3.51. The fraction of sp³-hybridized carbons (Fsp3) is 0.292. The molecule has 0 spiro atoms. The number of nitrogens with two attached hydrogens (primary N) is 1. The molecule has 8 nitrogen and oxygen atoms in total. The lowest BCUT2D eigenvalue weighted by Gasteiger charge is -2.33. The van der Waals surface area contributed by atoms with Crippen LogP contribution in [0.15, 0.2) is 54.2 Å². The Bertz CT molecular complexity index is 1090. The summed E-state index contributed by atoms with van der Waals surface area (Å²) >= 11 is 0. The third-order valence-corrected chi connectivity index (χ3v) is 5.58. The molecule has 8 heteroatoms. The molecule has 2 aromatic rings. The molecule has 0 aliphatic carbocycles. The summed E-state index contributed by atoms with van der Waals surface area (Å²) < 4.78 is 0. The van der Waals surface area contributed by atoms with Crippen molar-refractivity contribution in [3.05, 3.63) is 70.9 Å². The van der Waals surface area contributed by atoms with Crippen molar-refractivity contribution >= 4 is 11.4 Å². The Labute approximate surface area is 187 Å². The molecule has 0 aromatic heterocycles. The minimum atomic E-state index is -1.25. The predicted octanol–water partition coefficient (Wildman–Crippen LogP) is 2.21. The molecular formula is C24H28N4O4. The van der Waals surface area contributed by atoms with Crippen LogP contribution in [0.3, 0.4) is 0 Å². The number of rotatable bonds is 7. The van der Waals surface area contributed by atoms with Gasteiger partial charge in [-0.1, -0.05) is 24.3 Å². The van der Waals surface area contributed by atoms with E-state index in [4.69, 9.17) is 11.0 Å². The molecule has 0 bridgehead atoms. The molecule has 3 rings (SSSR count). The van der Waals surface area contributed by atoms with Crippen LogP contribution in [0.5, 0.6) is 11.5 Å². The van der Waals surface area contributed by atoms with E-state index in [0.29, 0.717) is 30.0 Å². The minimum absolute atomic E-state index is 0.0956. The van der Waals surface area contributed by atoms with E-state index in [2.05, 4.69) is 10.2 Å². The van der Waals surface area contributed by atoms with Crippen LogP contribution in [-0.2, 0) is 6.54 Å². The number of aliphatic hydroxyl groups is 2. The fourth-order valence-electron chi connectivity index (χ4n) is 3.54. The molecule has 32 heavy (non-hydrogen) atoms. The van der Waals surface area contributed by atoms with Gasteiger partial charge in [-0.3, -0.25) is 4.90 Å². The zero-order chi connectivity index (χ0) is 23.3. The molecule has 168 valence electrons. The normalized spacial score (nSPS) is 16.7. The van der Waals surface area contributed by atoms with Crippen molar-refractivity contribution in [2.24, 2.45) is 5.73 Å². The highest BCUT2D eigenvalue weighted by molar-refractivity contribution is 5.70. The van der Waals surface area contributed by atoms with E-state index in [-0.39, 0.29) is 23.7 Å². The molecule has 0 unspecified atom stereocenters. The lowest BCUT2D eigenvalue weighted by atomic mass is 9.92. The van der Waals surface area contributed by atoms with Gasteiger partial charge in [-0.25, -0.2) is 0 Å². The molecule has 7 N–H and O–H groups in total. The second-order valence-corrected chi connectivity index (χ2v) is 8.06. The lowest BCUT2D eigenvalue weighted by Crippen LogP contribution is -2.40. The van der Waals surface area contributed by atoms with Gasteiger partial charge in [0.1, 0.15) is 17.4 Å². The largest absolute Gasteiger partial charge is 0.508 e. The van der Waals surface area contributed by atoms with Crippen molar-refractivity contribution in [3.63, 3.8) is 0 Å². The standard InChI is InChI=1S/C24H28N4O4/c1-24(32,15-29)19-5-3-9-28(14-19)13-18-8-7-16(10-22(18)30)20(26)12-27-21-6-2-4-17(11-25)23(21)31/h2,4-8,10,12,27,29-32H,3,9,13-15,26H2,1H3/b20-12-/t24-/m1/s1. The van der Waals surface area contributed by atoms with Crippen LogP contribution in [0.25, 0.3) is 5.70 Å². The SMILES string of the molecule is C[C@@](O)(CO)C1=CCCN(Cc2ccc(/C(N)=C/Nc3cccc(C#N)c3O)cc2O)C1. The lowest BCUT2D eigenvalue weighted by molar-refractivity contribution is 0.0247. The number of anilines is 1. The second-order valence-electron chi connectivity index (χ2n) is 8.06. The third kappa shape index (κ3) is 5.21.